The summed E-state index contributed by atoms with van der Waals surface area (Å²) in [6, 6.07) is 0. The van der Waals surface area contributed by atoms with Crippen molar-refractivity contribution in [2.45, 2.75) is 0 Å². The van der Waals surface area contributed by atoms with Crippen molar-refractivity contribution in [3.8, 4) is 0 Å². The number of hydrogen-bond acceptors (Lipinski definition) is 3. The molecule has 1 N–H and O–H groups in total. The van der Waals surface area contributed by atoms with E-state index >= 15 is 0 Å². The lowest BCUT2D eigenvalue weighted by Gasteiger charge is -1.87. The third-order valence-electron chi connectivity index (χ3n) is 0.627. The molecule has 0 saturated heterocycles. The van der Waals surface area contributed by atoms with E-state index in [1.165, 1.54) is 12.2 Å². The number of aliphatic hydroxyl groups is 1. The first-order valence-electron chi connectivity index (χ1n) is 2.60. The Bertz CT molecular complexity index is 168. The van der Waals surface area contributed by atoms with Crippen LogP contribution in [0.1, 0.15) is 0 Å². The summed E-state index contributed by atoms with van der Waals surface area (Å²) < 4.78 is 4.39. The molecule has 54 valence electrons. The summed E-state index contributed by atoms with van der Waals surface area (Å²) in [4.78, 5) is 10.3. The number of carbonyl (C=O) groups excluding carboxylic acids is 1. The second-order valence-electron chi connectivity index (χ2n) is 1.31. The van der Waals surface area contributed by atoms with Gasteiger partial charge in [0.05, 0.1) is 12.5 Å². The van der Waals surface area contributed by atoms with Crippen molar-refractivity contribution >= 4 is 5.97 Å². The van der Waals surface area contributed by atoms with Crippen LogP contribution in [0.15, 0.2) is 37.3 Å². The number of aliphatic hydroxyl groups excluding tert-OH is 1. The highest BCUT2D eigenvalue weighted by Gasteiger charge is 1.86. The highest BCUT2D eigenvalue weighted by atomic mass is 16.5. The zero-order chi connectivity index (χ0) is 7.82. The molecule has 3 heteroatoms. The lowest BCUT2D eigenvalue weighted by Crippen LogP contribution is -1.91. The van der Waals surface area contributed by atoms with E-state index in [1.54, 1.807) is 0 Å². The molecule has 0 aliphatic rings. The molecule has 0 atom stereocenters. The van der Waals surface area contributed by atoms with Gasteiger partial charge in [0.15, 0.2) is 0 Å². The molecule has 0 aliphatic heterocycles. The molecule has 0 saturated carbocycles. The fourth-order valence-corrected chi connectivity index (χ4v) is 0.250. The van der Waals surface area contributed by atoms with Crippen molar-refractivity contribution in [3.63, 3.8) is 0 Å². The monoisotopic (exact) mass is 140 g/mol. The Hall–Kier alpha value is -1.51. The molecule has 0 unspecified atom stereocenters. The predicted molar refractivity (Wildman–Crippen MR) is 37.2 cm³/mol. The van der Waals surface area contributed by atoms with Gasteiger partial charge in [-0.15, -0.1) is 0 Å². The van der Waals surface area contributed by atoms with Gasteiger partial charge in [-0.25, -0.2) is 4.79 Å². The summed E-state index contributed by atoms with van der Waals surface area (Å²) in [6.45, 7) is 3.18. The highest BCUT2D eigenvalue weighted by molar-refractivity contribution is 5.81. The Morgan fingerprint density at radius 2 is 2.20 bits per heavy atom. The second-order valence-corrected chi connectivity index (χ2v) is 1.31. The molecule has 0 aromatic carbocycles. The third kappa shape index (κ3) is 4.64. The van der Waals surface area contributed by atoms with Gasteiger partial charge in [0.1, 0.15) is 0 Å². The summed E-state index contributed by atoms with van der Waals surface area (Å²) in [7, 11) is 0. The Morgan fingerprint density at radius 1 is 1.50 bits per heavy atom. The van der Waals surface area contributed by atoms with Gasteiger partial charge in [-0.1, -0.05) is 6.58 Å². The highest BCUT2D eigenvalue weighted by Crippen LogP contribution is 1.81. The quantitative estimate of drug-likeness (QED) is 0.278. The molecule has 0 radical (unpaired) electrons. The molecule has 0 aromatic heterocycles. The van der Waals surface area contributed by atoms with Gasteiger partial charge in [0, 0.05) is 6.08 Å². The summed E-state index contributed by atoms with van der Waals surface area (Å²) in [5.74, 6) is -0.525. The van der Waals surface area contributed by atoms with Crippen LogP contribution in [0.2, 0.25) is 0 Å². The average Bonchev–Trinajstić information content (AvgIpc) is 1.98. The number of esters is 1. The number of allylic oxidation sites excluding steroid dienone is 2. The van der Waals surface area contributed by atoms with Crippen LogP contribution in [-0.2, 0) is 9.53 Å². The van der Waals surface area contributed by atoms with Crippen LogP contribution in [0.4, 0.5) is 0 Å². The van der Waals surface area contributed by atoms with E-state index in [0.717, 1.165) is 18.6 Å². The van der Waals surface area contributed by atoms with Gasteiger partial charge >= 0.3 is 5.97 Å². The minimum atomic E-state index is -0.525. The molecule has 3 nitrogen and oxygen atoms in total. The number of carbonyl (C=O) groups is 1. The Labute approximate surface area is 58.9 Å². The van der Waals surface area contributed by atoms with E-state index in [9.17, 15) is 4.79 Å². The number of rotatable bonds is 3. The lowest BCUT2D eigenvalue weighted by molar-refractivity contribution is -0.132. The van der Waals surface area contributed by atoms with Gasteiger partial charge in [0.2, 0.25) is 0 Å². The molecule has 0 fully saturated rings. The summed E-state index contributed by atoms with van der Waals surface area (Å²) in [6.07, 6.45) is 5.72. The van der Waals surface area contributed by atoms with Crippen molar-refractivity contribution < 1.29 is 14.6 Å². The zero-order valence-corrected chi connectivity index (χ0v) is 5.36. The Kier molecular flexibility index (Phi) is 4.77. The van der Waals surface area contributed by atoms with Crippen molar-refractivity contribution in [1.29, 1.82) is 0 Å². The first kappa shape index (κ1) is 8.49. The third-order valence-corrected chi connectivity index (χ3v) is 0.627. The van der Waals surface area contributed by atoms with Crippen LogP contribution >= 0.6 is 0 Å². The Morgan fingerprint density at radius 3 is 2.70 bits per heavy atom. The van der Waals surface area contributed by atoms with Crippen molar-refractivity contribution in [2.24, 2.45) is 0 Å². The molecular weight excluding hydrogens is 132 g/mol. The summed E-state index contributed by atoms with van der Waals surface area (Å²) in [5.41, 5.74) is 0. The zero-order valence-electron chi connectivity index (χ0n) is 5.36. The maximum atomic E-state index is 10.3. The van der Waals surface area contributed by atoms with Crippen LogP contribution in [0.25, 0.3) is 0 Å². The summed E-state index contributed by atoms with van der Waals surface area (Å²) >= 11 is 0. The first-order valence-corrected chi connectivity index (χ1v) is 2.60. The SMILES string of the molecule is C=CC(=O)OC=CC=CO. The standard InChI is InChI=1S/C7H8O3/c1-2-7(9)10-6-4-3-5-8/h2-6,8H,1H2. The molecule has 0 spiro atoms. The summed E-state index contributed by atoms with van der Waals surface area (Å²) in [5, 5.41) is 8.10. The molecule has 0 aliphatic carbocycles. The largest absolute Gasteiger partial charge is 0.516 e. The molecule has 10 heavy (non-hydrogen) atoms. The van der Waals surface area contributed by atoms with E-state index < -0.39 is 5.97 Å². The van der Waals surface area contributed by atoms with Gasteiger partial charge in [-0.05, 0) is 12.2 Å². The van der Waals surface area contributed by atoms with Gasteiger partial charge in [-0.3, -0.25) is 0 Å². The van der Waals surface area contributed by atoms with E-state index in [1.807, 2.05) is 0 Å². The van der Waals surface area contributed by atoms with Gasteiger partial charge in [-0.2, -0.15) is 0 Å². The van der Waals surface area contributed by atoms with Crippen molar-refractivity contribution in [2.75, 3.05) is 0 Å². The molecule has 0 rings (SSSR count). The van der Waals surface area contributed by atoms with Crippen LogP contribution in [0.5, 0.6) is 0 Å². The van der Waals surface area contributed by atoms with E-state index in [2.05, 4.69) is 11.3 Å². The predicted octanol–water partition coefficient (Wildman–Crippen LogP) is 1.30. The van der Waals surface area contributed by atoms with E-state index in [4.69, 9.17) is 5.11 Å². The van der Waals surface area contributed by atoms with Gasteiger partial charge < -0.3 is 9.84 Å². The Balaban J connectivity index is 3.52. The number of ether oxygens (including phenoxy) is 1. The first-order chi connectivity index (χ1) is 4.81. The smallest absolute Gasteiger partial charge is 0.334 e. The van der Waals surface area contributed by atoms with Crippen molar-refractivity contribution in [3.05, 3.63) is 37.3 Å². The fourth-order valence-electron chi connectivity index (χ4n) is 0.250. The molecule has 0 amide bonds. The lowest BCUT2D eigenvalue weighted by atomic mass is 10.6. The maximum absolute atomic E-state index is 10.3. The minimum Gasteiger partial charge on any atom is -0.516 e. The van der Waals surface area contributed by atoms with E-state index in [0.29, 0.717) is 0 Å². The van der Waals surface area contributed by atoms with Crippen LogP contribution in [0.3, 0.4) is 0 Å². The molecule has 0 heterocycles. The topological polar surface area (TPSA) is 46.5 Å². The number of hydrogen-bond donors (Lipinski definition) is 1. The maximum Gasteiger partial charge on any atom is 0.334 e. The fraction of sp³-hybridized carbons (Fsp3) is 0. The normalized spacial score (nSPS) is 10.4. The minimum absolute atomic E-state index is 0.525. The molecule has 0 bridgehead atoms. The molecular formula is C7H8O3. The van der Waals surface area contributed by atoms with Crippen LogP contribution in [-0.4, -0.2) is 11.1 Å². The van der Waals surface area contributed by atoms with Crippen LogP contribution in [0, 0.1) is 0 Å². The van der Waals surface area contributed by atoms with Gasteiger partial charge in [0.25, 0.3) is 0 Å². The average molecular weight is 140 g/mol. The van der Waals surface area contributed by atoms with E-state index in [-0.39, 0.29) is 0 Å². The molecule has 0 aromatic rings. The van der Waals surface area contributed by atoms with Crippen molar-refractivity contribution in [1.82, 2.24) is 0 Å². The van der Waals surface area contributed by atoms with Crippen LogP contribution < -0.4 is 0 Å². The second kappa shape index (κ2) is 5.62.